The summed E-state index contributed by atoms with van der Waals surface area (Å²) in [6.45, 7) is 1.90. The fourth-order valence-electron chi connectivity index (χ4n) is 3.39. The molecular weight excluding hydrogens is 511 g/mol. The van der Waals surface area contributed by atoms with Gasteiger partial charge < -0.3 is 15.2 Å². The molecule has 10 nitrogen and oxygen atoms in total. The van der Waals surface area contributed by atoms with E-state index in [9.17, 15) is 26.4 Å². The SMILES string of the molecule is CC(NC(=O)c1cc2c(cn1)ncn2CCS(C)(=O)=O)c1cnc(Nc2ccc(C(F)(F)F)cc2)cn1. The predicted octanol–water partition coefficient (Wildman–Crippen LogP) is 3.52. The molecular formula is C23H22F3N7O3S. The van der Waals surface area contributed by atoms with Crippen LogP contribution in [0.25, 0.3) is 11.0 Å². The minimum Gasteiger partial charge on any atom is -0.343 e. The average molecular weight is 534 g/mol. The fourth-order valence-corrected chi connectivity index (χ4v) is 3.92. The first-order valence-corrected chi connectivity index (χ1v) is 13.0. The first-order valence-electron chi connectivity index (χ1n) is 10.9. The lowest BCUT2D eigenvalue weighted by Gasteiger charge is -2.14. The number of alkyl halides is 3. The van der Waals surface area contributed by atoms with Gasteiger partial charge >= 0.3 is 6.18 Å². The lowest BCUT2D eigenvalue weighted by atomic mass is 10.2. The van der Waals surface area contributed by atoms with Gasteiger partial charge in [-0.25, -0.2) is 23.4 Å². The number of aryl methyl sites for hydroxylation is 1. The number of anilines is 2. The van der Waals surface area contributed by atoms with Crippen molar-refractivity contribution in [2.75, 3.05) is 17.3 Å². The molecule has 1 aromatic carbocycles. The summed E-state index contributed by atoms with van der Waals surface area (Å²) in [4.78, 5) is 29.6. The van der Waals surface area contributed by atoms with E-state index in [0.29, 0.717) is 28.2 Å². The van der Waals surface area contributed by atoms with Crippen LogP contribution in [-0.4, -0.2) is 50.8 Å². The van der Waals surface area contributed by atoms with E-state index in [1.807, 2.05) is 0 Å². The molecule has 0 saturated carbocycles. The molecule has 0 radical (unpaired) electrons. The molecule has 0 aliphatic rings. The molecule has 0 spiro atoms. The van der Waals surface area contributed by atoms with Crippen molar-refractivity contribution in [2.24, 2.45) is 0 Å². The molecule has 0 aliphatic heterocycles. The average Bonchev–Trinajstić information content (AvgIpc) is 3.25. The molecule has 0 fully saturated rings. The summed E-state index contributed by atoms with van der Waals surface area (Å²) in [7, 11) is -3.17. The number of halogens is 3. The second kappa shape index (κ2) is 10.1. The normalized spacial score (nSPS) is 12.9. The standard InChI is InChI=1S/C23H22F3N7O3S/c1-14(18-10-29-21(12-28-18)32-16-5-3-15(4-6-16)23(24,25)26)31-22(34)17-9-20-19(11-27-17)30-13-33(20)7-8-37(2,35)36/h3-6,9-14H,7-8H2,1-2H3,(H,29,32)(H,31,34). The summed E-state index contributed by atoms with van der Waals surface area (Å²) in [6.07, 6.45) is 2.51. The Hall–Kier alpha value is -4.07. The third kappa shape index (κ3) is 6.58. The molecule has 4 aromatic rings. The monoisotopic (exact) mass is 533 g/mol. The van der Waals surface area contributed by atoms with Crippen LogP contribution >= 0.6 is 0 Å². The summed E-state index contributed by atoms with van der Waals surface area (Å²) < 4.78 is 62.7. The topological polar surface area (TPSA) is 132 Å². The van der Waals surface area contributed by atoms with Crippen molar-refractivity contribution in [3.63, 3.8) is 0 Å². The molecule has 3 heterocycles. The summed E-state index contributed by atoms with van der Waals surface area (Å²) in [5.74, 6) is -0.225. The zero-order valence-electron chi connectivity index (χ0n) is 19.7. The number of carbonyl (C=O) groups is 1. The molecule has 3 aromatic heterocycles. The van der Waals surface area contributed by atoms with E-state index in [0.717, 1.165) is 18.4 Å². The molecule has 14 heteroatoms. The van der Waals surface area contributed by atoms with Crippen molar-refractivity contribution in [3.05, 3.63) is 72.2 Å². The van der Waals surface area contributed by atoms with Crippen LogP contribution in [0.2, 0.25) is 0 Å². The van der Waals surface area contributed by atoms with Crippen LogP contribution in [0.4, 0.5) is 24.7 Å². The molecule has 0 bridgehead atoms. The second-order valence-corrected chi connectivity index (χ2v) is 10.6. The van der Waals surface area contributed by atoms with Gasteiger partial charge in [-0.1, -0.05) is 0 Å². The number of benzene rings is 1. The zero-order valence-corrected chi connectivity index (χ0v) is 20.5. The summed E-state index contributed by atoms with van der Waals surface area (Å²) >= 11 is 0. The largest absolute Gasteiger partial charge is 0.416 e. The molecule has 0 saturated heterocycles. The van der Waals surface area contributed by atoms with Crippen LogP contribution in [0.15, 0.2) is 55.2 Å². The van der Waals surface area contributed by atoms with Gasteiger partial charge in [0.15, 0.2) is 0 Å². The van der Waals surface area contributed by atoms with Gasteiger partial charge in [0.25, 0.3) is 5.91 Å². The third-order valence-corrected chi connectivity index (χ3v) is 6.31. The van der Waals surface area contributed by atoms with Crippen molar-refractivity contribution in [2.45, 2.75) is 25.7 Å². The third-order valence-electron chi connectivity index (χ3n) is 5.39. The van der Waals surface area contributed by atoms with Crippen LogP contribution in [0, 0.1) is 0 Å². The minimum atomic E-state index is -4.42. The summed E-state index contributed by atoms with van der Waals surface area (Å²) in [6, 6.07) is 5.51. The van der Waals surface area contributed by atoms with Gasteiger partial charge in [-0.3, -0.25) is 9.78 Å². The molecule has 4 rings (SSSR count). The number of carbonyl (C=O) groups excluding carboxylic acids is 1. The van der Waals surface area contributed by atoms with E-state index >= 15 is 0 Å². The molecule has 1 atom stereocenters. The van der Waals surface area contributed by atoms with E-state index in [1.54, 1.807) is 11.5 Å². The van der Waals surface area contributed by atoms with Crippen LogP contribution in [0.1, 0.15) is 34.7 Å². The van der Waals surface area contributed by atoms with E-state index in [4.69, 9.17) is 0 Å². The van der Waals surface area contributed by atoms with Gasteiger partial charge in [0.1, 0.15) is 26.9 Å². The van der Waals surface area contributed by atoms with Crippen LogP contribution in [0.3, 0.4) is 0 Å². The van der Waals surface area contributed by atoms with Crippen LogP contribution in [-0.2, 0) is 22.6 Å². The Morgan fingerprint density at radius 3 is 2.41 bits per heavy atom. The number of aromatic nitrogens is 5. The van der Waals surface area contributed by atoms with Crippen molar-refractivity contribution < 1.29 is 26.4 Å². The van der Waals surface area contributed by atoms with Gasteiger partial charge in [0.2, 0.25) is 0 Å². The number of fused-ring (bicyclic) bond motifs is 1. The zero-order chi connectivity index (χ0) is 26.8. The number of hydrogen-bond donors (Lipinski definition) is 2. The smallest absolute Gasteiger partial charge is 0.343 e. The van der Waals surface area contributed by atoms with Crippen molar-refractivity contribution in [1.82, 2.24) is 29.8 Å². The van der Waals surface area contributed by atoms with Gasteiger partial charge in [0.05, 0.1) is 53.5 Å². The molecule has 194 valence electrons. The molecule has 1 amide bonds. The predicted molar refractivity (Wildman–Crippen MR) is 130 cm³/mol. The molecule has 2 N–H and O–H groups in total. The highest BCUT2D eigenvalue weighted by molar-refractivity contribution is 7.90. The van der Waals surface area contributed by atoms with Gasteiger partial charge in [-0.15, -0.1) is 0 Å². The summed E-state index contributed by atoms with van der Waals surface area (Å²) in [5, 5.41) is 5.65. The number of nitrogens with one attached hydrogen (secondary N) is 2. The van der Waals surface area contributed by atoms with Gasteiger partial charge in [-0.2, -0.15) is 13.2 Å². The van der Waals surface area contributed by atoms with Gasteiger partial charge in [0, 0.05) is 18.5 Å². The molecule has 1 unspecified atom stereocenters. The minimum absolute atomic E-state index is 0.0677. The Labute approximate surface area is 209 Å². The van der Waals surface area contributed by atoms with E-state index in [-0.39, 0.29) is 18.0 Å². The number of nitrogens with zero attached hydrogens (tertiary/aromatic N) is 5. The highest BCUT2D eigenvalue weighted by atomic mass is 32.2. The Bertz CT molecular complexity index is 1520. The number of sulfone groups is 1. The summed E-state index contributed by atoms with van der Waals surface area (Å²) in [5.41, 5.74) is 1.33. The van der Waals surface area contributed by atoms with Gasteiger partial charge in [-0.05, 0) is 37.3 Å². The highest BCUT2D eigenvalue weighted by Gasteiger charge is 2.30. The second-order valence-electron chi connectivity index (χ2n) is 8.35. The Morgan fingerprint density at radius 1 is 1.05 bits per heavy atom. The van der Waals surface area contributed by atoms with Crippen LogP contribution in [0.5, 0.6) is 0 Å². The molecule has 37 heavy (non-hydrogen) atoms. The van der Waals surface area contributed by atoms with Crippen LogP contribution < -0.4 is 10.6 Å². The lowest BCUT2D eigenvalue weighted by Crippen LogP contribution is -2.28. The van der Waals surface area contributed by atoms with E-state index in [2.05, 4.69) is 30.6 Å². The maximum atomic E-state index is 12.8. The van der Waals surface area contributed by atoms with Crippen molar-refractivity contribution >= 4 is 38.3 Å². The molecule has 0 aliphatic carbocycles. The number of hydrogen-bond acceptors (Lipinski definition) is 8. The Morgan fingerprint density at radius 2 is 1.78 bits per heavy atom. The number of imidazole rings is 1. The Kier molecular flexibility index (Phi) is 7.12. The van der Waals surface area contributed by atoms with E-state index in [1.165, 1.54) is 43.1 Å². The first-order chi connectivity index (χ1) is 17.4. The number of pyridine rings is 1. The highest BCUT2D eigenvalue weighted by Crippen LogP contribution is 2.30. The lowest BCUT2D eigenvalue weighted by molar-refractivity contribution is -0.137. The van der Waals surface area contributed by atoms with E-state index < -0.39 is 33.5 Å². The maximum absolute atomic E-state index is 12.8. The quantitative estimate of drug-likeness (QED) is 0.352. The number of amides is 1. The number of rotatable bonds is 8. The maximum Gasteiger partial charge on any atom is 0.416 e. The van der Waals surface area contributed by atoms with Crippen molar-refractivity contribution in [1.29, 1.82) is 0 Å². The fraction of sp³-hybridized carbons (Fsp3) is 0.261. The van der Waals surface area contributed by atoms with Crippen molar-refractivity contribution in [3.8, 4) is 0 Å². The first kappa shape index (κ1) is 26.0. The Balaban J connectivity index is 1.40.